The highest BCUT2D eigenvalue weighted by molar-refractivity contribution is 6.07. The van der Waals surface area contributed by atoms with Crippen molar-refractivity contribution in [1.82, 2.24) is 0 Å². The fraction of sp³-hybridized carbons (Fsp3) is 0.0800. The molecule has 0 fully saturated rings. The van der Waals surface area contributed by atoms with Crippen LogP contribution in [0.4, 0.5) is 4.39 Å². The summed E-state index contributed by atoms with van der Waals surface area (Å²) in [6.45, 7) is 0.640. The van der Waals surface area contributed by atoms with Crippen LogP contribution >= 0.6 is 0 Å². The highest BCUT2D eigenvalue weighted by Gasteiger charge is 2.25. The number of halogens is 1. The van der Waals surface area contributed by atoms with Gasteiger partial charge >= 0.3 is 5.97 Å². The minimum Gasteiger partial charge on any atom is -0.501 e. The molecule has 9 heteroatoms. The molecule has 0 aliphatic heterocycles. The highest BCUT2D eigenvalue weighted by Crippen LogP contribution is 2.21. The van der Waals surface area contributed by atoms with E-state index in [-0.39, 0.29) is 18.0 Å². The lowest BCUT2D eigenvalue weighted by atomic mass is 10.1. The number of hydrogen-bond acceptors (Lipinski definition) is 7. The molecule has 2 aromatic carbocycles. The Labute approximate surface area is 192 Å². The number of carbonyl (C=O) groups is 2. The Morgan fingerprint density at radius 2 is 1.56 bits per heavy atom. The SMILES string of the molecule is NCc1ccccc1.O=C(O)c1cc(=O)c(O)c(C(=O)c2ccc(Cc3ccc(F)cc3)o2)o1. The predicted octanol–water partition coefficient (Wildman–Crippen LogP) is 3.74. The summed E-state index contributed by atoms with van der Waals surface area (Å²) >= 11 is 0. The standard InChI is InChI=1S/C18H11FO7.C7H9N/c19-10-3-1-9(2-4-10)7-11-5-6-13(25-11)16(22)17-15(21)12(20)8-14(26-17)18(23)24;8-6-7-4-2-1-3-5-7/h1-6,8,21H,7H2,(H,23,24);1-5H,6,8H2. The van der Waals surface area contributed by atoms with Gasteiger partial charge in [0.05, 0.1) is 0 Å². The first kappa shape index (κ1) is 24.1. The quantitative estimate of drug-likeness (QED) is 0.365. The summed E-state index contributed by atoms with van der Waals surface area (Å²) in [5.74, 6) is -5.41. The Hall–Kier alpha value is -4.50. The summed E-state index contributed by atoms with van der Waals surface area (Å²) < 4.78 is 23.1. The first-order valence-corrected chi connectivity index (χ1v) is 10.0. The molecule has 2 aromatic heterocycles. The van der Waals surface area contributed by atoms with E-state index >= 15 is 0 Å². The van der Waals surface area contributed by atoms with E-state index in [1.165, 1.54) is 29.8 Å². The van der Waals surface area contributed by atoms with Crippen LogP contribution in [-0.4, -0.2) is 22.0 Å². The first-order chi connectivity index (χ1) is 16.3. The van der Waals surface area contributed by atoms with E-state index in [9.17, 15) is 23.9 Å². The van der Waals surface area contributed by atoms with Crippen LogP contribution < -0.4 is 11.2 Å². The average Bonchev–Trinajstić information content (AvgIpc) is 3.31. The molecule has 34 heavy (non-hydrogen) atoms. The topological polar surface area (TPSA) is 144 Å². The predicted molar refractivity (Wildman–Crippen MR) is 119 cm³/mol. The van der Waals surface area contributed by atoms with Gasteiger partial charge in [0.15, 0.2) is 5.76 Å². The van der Waals surface area contributed by atoms with Crippen LogP contribution in [-0.2, 0) is 13.0 Å². The molecule has 0 atom stereocenters. The largest absolute Gasteiger partial charge is 0.501 e. The fourth-order valence-corrected chi connectivity index (χ4v) is 2.87. The lowest BCUT2D eigenvalue weighted by Crippen LogP contribution is -2.12. The third-order valence-electron chi connectivity index (χ3n) is 4.60. The van der Waals surface area contributed by atoms with E-state index in [4.69, 9.17) is 19.7 Å². The van der Waals surface area contributed by atoms with Crippen molar-refractivity contribution in [1.29, 1.82) is 0 Å². The minimum atomic E-state index is -1.56. The van der Waals surface area contributed by atoms with Crippen LogP contribution in [0, 0.1) is 5.82 Å². The van der Waals surface area contributed by atoms with E-state index < -0.39 is 34.5 Å². The summed E-state index contributed by atoms with van der Waals surface area (Å²) in [7, 11) is 0. The molecule has 4 N–H and O–H groups in total. The second-order valence-electron chi connectivity index (χ2n) is 7.05. The maximum atomic E-state index is 12.9. The van der Waals surface area contributed by atoms with Crippen molar-refractivity contribution in [2.24, 2.45) is 5.73 Å². The number of nitrogens with two attached hydrogens (primary N) is 1. The number of benzene rings is 2. The molecular formula is C25H20FNO7. The van der Waals surface area contributed by atoms with Crippen molar-refractivity contribution in [2.45, 2.75) is 13.0 Å². The summed E-state index contributed by atoms with van der Waals surface area (Å²) in [6.07, 6.45) is 0.276. The molecule has 8 nitrogen and oxygen atoms in total. The molecule has 4 aromatic rings. The number of furan rings is 1. The molecule has 4 rings (SSSR count). The van der Waals surface area contributed by atoms with Gasteiger partial charge in [-0.25, -0.2) is 9.18 Å². The molecule has 174 valence electrons. The summed E-state index contributed by atoms with van der Waals surface area (Å²) in [5.41, 5.74) is 6.22. The molecule has 0 saturated carbocycles. The number of carboxylic acids is 1. The number of carboxylic acid groups (broad SMARTS) is 1. The molecule has 0 saturated heterocycles. The Morgan fingerprint density at radius 1 is 0.882 bits per heavy atom. The van der Waals surface area contributed by atoms with E-state index in [1.807, 2.05) is 30.3 Å². The molecule has 0 aliphatic rings. The maximum absolute atomic E-state index is 12.9. The van der Waals surface area contributed by atoms with Crippen molar-refractivity contribution in [3.63, 3.8) is 0 Å². The van der Waals surface area contributed by atoms with Crippen LogP contribution in [0.5, 0.6) is 5.75 Å². The number of rotatable bonds is 6. The minimum absolute atomic E-state index is 0.247. The van der Waals surface area contributed by atoms with Crippen LogP contribution in [0.1, 0.15) is 43.8 Å². The second kappa shape index (κ2) is 10.9. The van der Waals surface area contributed by atoms with Gasteiger partial charge in [0.25, 0.3) is 5.78 Å². The zero-order chi connectivity index (χ0) is 24.7. The van der Waals surface area contributed by atoms with Gasteiger partial charge in [-0.05, 0) is 35.4 Å². The number of carbonyl (C=O) groups excluding carboxylic acids is 1. The van der Waals surface area contributed by atoms with Gasteiger partial charge in [-0.2, -0.15) is 0 Å². The van der Waals surface area contributed by atoms with Gasteiger partial charge in [0, 0.05) is 19.0 Å². The molecule has 0 aliphatic carbocycles. The van der Waals surface area contributed by atoms with Gasteiger partial charge < -0.3 is 24.8 Å². The van der Waals surface area contributed by atoms with Crippen molar-refractivity contribution in [2.75, 3.05) is 0 Å². The maximum Gasteiger partial charge on any atom is 0.371 e. The molecular weight excluding hydrogens is 445 g/mol. The lowest BCUT2D eigenvalue weighted by Gasteiger charge is -2.02. The monoisotopic (exact) mass is 465 g/mol. The van der Waals surface area contributed by atoms with Gasteiger partial charge in [0.2, 0.25) is 22.7 Å². The molecule has 0 radical (unpaired) electrons. The van der Waals surface area contributed by atoms with Crippen molar-refractivity contribution in [3.8, 4) is 5.75 Å². The highest BCUT2D eigenvalue weighted by atomic mass is 19.1. The van der Waals surface area contributed by atoms with E-state index in [0.717, 1.165) is 5.56 Å². The van der Waals surface area contributed by atoms with E-state index in [1.54, 1.807) is 12.1 Å². The van der Waals surface area contributed by atoms with Crippen molar-refractivity contribution in [3.05, 3.63) is 123 Å². The van der Waals surface area contributed by atoms with Crippen LogP contribution in [0.15, 0.2) is 86.4 Å². The Kier molecular flexibility index (Phi) is 7.73. The zero-order valence-corrected chi connectivity index (χ0v) is 17.7. The summed E-state index contributed by atoms with van der Waals surface area (Å²) in [4.78, 5) is 34.9. The third kappa shape index (κ3) is 6.05. The normalized spacial score (nSPS) is 10.3. The summed E-state index contributed by atoms with van der Waals surface area (Å²) in [5, 5.41) is 18.6. The second-order valence-corrected chi connectivity index (χ2v) is 7.05. The first-order valence-electron chi connectivity index (χ1n) is 10.0. The van der Waals surface area contributed by atoms with Crippen LogP contribution in [0.3, 0.4) is 0 Å². The number of aromatic hydroxyl groups is 1. The number of aromatic carboxylic acids is 1. The van der Waals surface area contributed by atoms with Gasteiger partial charge in [0.1, 0.15) is 11.6 Å². The fourth-order valence-electron chi connectivity index (χ4n) is 2.87. The zero-order valence-electron chi connectivity index (χ0n) is 17.7. The van der Waals surface area contributed by atoms with E-state index in [0.29, 0.717) is 18.4 Å². The average molecular weight is 465 g/mol. The van der Waals surface area contributed by atoms with Crippen molar-refractivity contribution >= 4 is 11.8 Å². The third-order valence-corrected chi connectivity index (χ3v) is 4.60. The van der Waals surface area contributed by atoms with Gasteiger partial charge in [-0.15, -0.1) is 0 Å². The molecule has 0 spiro atoms. The Morgan fingerprint density at radius 3 is 2.15 bits per heavy atom. The Balaban J connectivity index is 0.000000343. The molecule has 0 bridgehead atoms. The van der Waals surface area contributed by atoms with Gasteiger partial charge in [-0.3, -0.25) is 9.59 Å². The van der Waals surface area contributed by atoms with Crippen LogP contribution in [0.25, 0.3) is 0 Å². The van der Waals surface area contributed by atoms with E-state index in [2.05, 4.69) is 0 Å². The van der Waals surface area contributed by atoms with Crippen molar-refractivity contribution < 1.29 is 33.0 Å². The molecule has 0 amide bonds. The Bertz CT molecular complexity index is 1340. The van der Waals surface area contributed by atoms with Crippen LogP contribution in [0.2, 0.25) is 0 Å². The number of hydrogen-bond donors (Lipinski definition) is 3. The lowest BCUT2D eigenvalue weighted by molar-refractivity contribution is 0.0655. The van der Waals surface area contributed by atoms with Gasteiger partial charge in [-0.1, -0.05) is 42.5 Å². The molecule has 2 heterocycles. The molecule has 0 unspecified atom stereocenters. The number of ketones is 1. The smallest absolute Gasteiger partial charge is 0.371 e. The summed E-state index contributed by atoms with van der Waals surface area (Å²) in [6, 6.07) is 19.0.